The van der Waals surface area contributed by atoms with Gasteiger partial charge in [0.2, 0.25) is 0 Å². The zero-order valence-corrected chi connectivity index (χ0v) is 16.8. The zero-order valence-electron chi connectivity index (χ0n) is 25.0. The molecule has 1 saturated heterocycles. The van der Waals surface area contributed by atoms with E-state index in [0.717, 1.165) is 22.3 Å². The Hall–Kier alpha value is -2.70. The Balaban J connectivity index is 1.77. The van der Waals surface area contributed by atoms with Gasteiger partial charge in [-0.3, -0.25) is 4.90 Å². The summed E-state index contributed by atoms with van der Waals surface area (Å²) >= 11 is 0.910. The maximum absolute atomic E-state index is 14.0. The van der Waals surface area contributed by atoms with Crippen LogP contribution in [0.5, 0.6) is 0 Å². The maximum atomic E-state index is 14.0. The van der Waals surface area contributed by atoms with Crippen LogP contribution in [-0.4, -0.2) is 39.0 Å². The number of benzene rings is 1. The van der Waals surface area contributed by atoms with Crippen molar-refractivity contribution in [1.82, 2.24) is 19.9 Å². The van der Waals surface area contributed by atoms with Crippen LogP contribution < -0.4 is 5.31 Å². The van der Waals surface area contributed by atoms with Crippen molar-refractivity contribution in [3.05, 3.63) is 46.2 Å². The van der Waals surface area contributed by atoms with Crippen molar-refractivity contribution in [3.8, 4) is 6.07 Å². The van der Waals surface area contributed by atoms with Gasteiger partial charge in [-0.05, 0) is 30.4 Å². The fourth-order valence-corrected chi connectivity index (χ4v) is 3.61. The second-order valence-electron chi connectivity index (χ2n) is 6.64. The van der Waals surface area contributed by atoms with Gasteiger partial charge in [0, 0.05) is 39.7 Å². The molecule has 0 radical (unpaired) electrons. The average Bonchev–Trinajstić information content (AvgIpc) is 3.26. The highest BCUT2D eigenvalue weighted by atomic mass is 32.1. The minimum Gasteiger partial charge on any atom is -0.366 e. The predicted molar refractivity (Wildman–Crippen MR) is 112 cm³/mol. The molecule has 4 rings (SSSR count). The molecule has 0 spiro atoms. The first-order chi connectivity index (χ1) is 17.8. The van der Waals surface area contributed by atoms with Crippen molar-refractivity contribution < 1.29 is 21.2 Å². The summed E-state index contributed by atoms with van der Waals surface area (Å²) in [5, 5.41) is 9.57. The molecule has 1 unspecified atom stereocenters. The van der Waals surface area contributed by atoms with Crippen molar-refractivity contribution >= 4 is 27.5 Å². The highest BCUT2D eigenvalue weighted by molar-refractivity contribution is 7.19. The molecule has 3 heterocycles. The largest absolute Gasteiger partial charge is 0.366 e. The fourth-order valence-electron chi connectivity index (χ4n) is 2.72. The number of nitriles is 1. The van der Waals surface area contributed by atoms with Gasteiger partial charge in [0.05, 0.1) is 11.9 Å². The number of piperidine rings is 1. The Morgan fingerprint density at radius 1 is 1.50 bits per heavy atom. The molecule has 1 N–H and O–H groups in total. The summed E-state index contributed by atoms with van der Waals surface area (Å²) < 4.78 is 105. The summed E-state index contributed by atoms with van der Waals surface area (Å²) in [4.78, 5) is 12.9. The number of anilines is 1. The minimum atomic E-state index is -2.98. The maximum Gasteiger partial charge on any atom is 0.176 e. The third-order valence-electron chi connectivity index (χ3n) is 4.17. The SMILES string of the molecule is [2H]c1nc(N([2H])C2([2H])C([2H])([2H])CN(C([2H])c3cc(F)c(F)c(C#N)c3)CC2([2H])[2H])c2sc(C([2H])(C)C)nc2n1. The van der Waals surface area contributed by atoms with Crippen molar-refractivity contribution in [2.45, 2.75) is 45.0 Å². The second-order valence-corrected chi connectivity index (χ2v) is 7.64. The first kappa shape index (κ1) is 12.2. The number of thiazole rings is 1. The lowest BCUT2D eigenvalue weighted by Gasteiger charge is -2.32. The topological polar surface area (TPSA) is 77.7 Å². The first-order valence-corrected chi connectivity index (χ1v) is 9.66. The molecule has 6 nitrogen and oxygen atoms in total. The summed E-state index contributed by atoms with van der Waals surface area (Å²) in [5.74, 6) is -4.41. The Morgan fingerprint density at radius 3 is 2.97 bits per heavy atom. The van der Waals surface area contributed by atoms with Crippen LogP contribution in [0.2, 0.25) is 1.41 Å². The van der Waals surface area contributed by atoms with Crippen LogP contribution in [0.1, 0.15) is 59.6 Å². The Kier molecular flexibility index (Phi) is 3.50. The third kappa shape index (κ3) is 4.25. The van der Waals surface area contributed by atoms with Gasteiger partial charge in [0.25, 0.3) is 0 Å². The van der Waals surface area contributed by atoms with Gasteiger partial charge in [-0.15, -0.1) is 11.3 Å². The number of hydrogen-bond donors (Lipinski definition) is 1. The number of halogens is 2. The molecule has 1 aliphatic rings. The number of aromatic nitrogens is 3. The standard InChI is InChI=1S/C21H22F2N6S/c1-12(2)21-28-20-18(30-21)19(25-11-26-20)27-15-3-5-29(6-4-15)10-13-7-14(9-24)17(23)16(22)8-13/h7-8,11-12,15H,3-6,10H2,1-2H3,(H,25,26,27)/i3D2,4D2,10D,11D,12D,15D/hD. The molecule has 3 aromatic rings. The van der Waals surface area contributed by atoms with Gasteiger partial charge in [-0.1, -0.05) is 13.8 Å². The Labute approximate surface area is 190 Å². The summed E-state index contributed by atoms with van der Waals surface area (Å²) in [5.41, 5.74) is -0.942. The fraction of sp³-hybridized carbons (Fsp3) is 0.429. The molecular formula is C21H22F2N6S. The molecular weight excluding hydrogens is 406 g/mol. The summed E-state index contributed by atoms with van der Waals surface area (Å²) in [6, 6.07) is 0.0849. The molecule has 0 saturated carbocycles. The predicted octanol–water partition coefficient (Wildman–Crippen LogP) is 4.44. The molecule has 1 fully saturated rings. The molecule has 1 aromatic carbocycles. The second kappa shape index (κ2) is 8.58. The van der Waals surface area contributed by atoms with E-state index >= 15 is 0 Å². The van der Waals surface area contributed by atoms with Gasteiger partial charge in [0.15, 0.2) is 18.7 Å². The molecule has 9 heteroatoms. The van der Waals surface area contributed by atoms with Crippen LogP contribution >= 0.6 is 11.3 Å². The minimum absolute atomic E-state index is 0.0532. The van der Waals surface area contributed by atoms with Gasteiger partial charge in [-0.25, -0.2) is 23.7 Å². The lowest BCUT2D eigenvalue weighted by Crippen LogP contribution is -2.38. The van der Waals surface area contributed by atoms with Crippen molar-refractivity contribution in [2.75, 3.05) is 18.4 Å². The van der Waals surface area contributed by atoms with E-state index in [2.05, 4.69) is 15.0 Å². The van der Waals surface area contributed by atoms with E-state index in [-0.39, 0.29) is 26.2 Å². The van der Waals surface area contributed by atoms with Crippen LogP contribution in [0.3, 0.4) is 0 Å². The molecule has 1 aliphatic heterocycles. The average molecular weight is 438 g/mol. The highest BCUT2D eigenvalue weighted by Gasteiger charge is 2.22. The summed E-state index contributed by atoms with van der Waals surface area (Å²) in [6.07, 6.45) is -6.34. The van der Waals surface area contributed by atoms with E-state index in [1.54, 1.807) is 13.8 Å². The number of likely N-dealkylation sites (tertiary alicyclic amines) is 1. The van der Waals surface area contributed by atoms with E-state index in [4.69, 9.17) is 17.6 Å². The number of hydrogen-bond acceptors (Lipinski definition) is 7. The molecule has 0 bridgehead atoms. The van der Waals surface area contributed by atoms with Crippen LogP contribution in [-0.2, 0) is 6.52 Å². The molecule has 30 heavy (non-hydrogen) atoms. The molecule has 2 aromatic heterocycles. The number of fused-ring (bicyclic) bond motifs is 1. The highest BCUT2D eigenvalue weighted by Crippen LogP contribution is 2.31. The van der Waals surface area contributed by atoms with Crippen LogP contribution in [0, 0.1) is 23.0 Å². The van der Waals surface area contributed by atoms with E-state index < -0.39 is 73.6 Å². The monoisotopic (exact) mass is 437 g/mol. The molecule has 0 aliphatic carbocycles. The molecule has 1 atom stereocenters. The van der Waals surface area contributed by atoms with E-state index in [9.17, 15) is 8.78 Å². The third-order valence-corrected chi connectivity index (χ3v) is 5.43. The van der Waals surface area contributed by atoms with Crippen molar-refractivity contribution in [2.24, 2.45) is 0 Å². The Morgan fingerprint density at radius 2 is 2.27 bits per heavy atom. The Bertz CT molecular complexity index is 1470. The van der Waals surface area contributed by atoms with Crippen molar-refractivity contribution in [3.63, 3.8) is 0 Å². The lowest BCUT2D eigenvalue weighted by atomic mass is 10.0. The van der Waals surface area contributed by atoms with E-state index in [1.807, 2.05) is 0 Å². The van der Waals surface area contributed by atoms with Gasteiger partial charge in [0.1, 0.15) is 24.3 Å². The first-order valence-electron chi connectivity index (χ1n) is 13.4. The lowest BCUT2D eigenvalue weighted by molar-refractivity contribution is 0.211. The molecule has 0 amide bonds. The van der Waals surface area contributed by atoms with Crippen LogP contribution in [0.25, 0.3) is 10.3 Å². The summed E-state index contributed by atoms with van der Waals surface area (Å²) in [7, 11) is 0. The van der Waals surface area contributed by atoms with Gasteiger partial charge >= 0.3 is 0 Å². The van der Waals surface area contributed by atoms with Crippen LogP contribution in [0.4, 0.5) is 14.6 Å². The molecule has 156 valence electrons. The zero-order chi connectivity index (χ0) is 29.3. The quantitative estimate of drug-likeness (QED) is 0.636. The van der Waals surface area contributed by atoms with Gasteiger partial charge < -0.3 is 5.31 Å². The number of nitrogens with one attached hydrogen (secondary N) is 1. The van der Waals surface area contributed by atoms with E-state index in [0.29, 0.717) is 6.07 Å². The smallest absolute Gasteiger partial charge is 0.176 e. The summed E-state index contributed by atoms with van der Waals surface area (Å²) in [6.45, 7) is -0.0527. The van der Waals surface area contributed by atoms with Crippen LogP contribution in [0.15, 0.2) is 18.4 Å². The number of nitrogens with zero attached hydrogens (tertiary/aromatic N) is 5. The van der Waals surface area contributed by atoms with E-state index in [1.165, 1.54) is 6.07 Å². The number of rotatable bonds is 5. The van der Waals surface area contributed by atoms with Crippen molar-refractivity contribution in [1.29, 1.82) is 5.26 Å². The van der Waals surface area contributed by atoms with Gasteiger partial charge in [-0.2, -0.15) is 5.26 Å². The normalized spacial score (nSPS) is 25.8.